The van der Waals surface area contributed by atoms with Crippen molar-refractivity contribution in [3.63, 3.8) is 0 Å². The summed E-state index contributed by atoms with van der Waals surface area (Å²) in [6.45, 7) is 0.223. The summed E-state index contributed by atoms with van der Waals surface area (Å²) in [7, 11) is -3.08. The van der Waals surface area contributed by atoms with Crippen LogP contribution < -0.4 is 5.32 Å². The van der Waals surface area contributed by atoms with Crippen LogP contribution in [0.4, 0.5) is 10.2 Å². The standard InChI is InChI=1S/C21H18Cl2FN3O4S/c1-32(30,31)7-6-25-18-5-2-12(10-27-18)8-17(28)16-9-13(11-26-16)21(29)19-14(22)3-4-15(23)20(19)24/h2-5,9-11,26H,6-8H2,1H3,(H,25,27). The lowest BCUT2D eigenvalue weighted by molar-refractivity contribution is 0.0988. The van der Waals surface area contributed by atoms with Gasteiger partial charge in [0, 0.05) is 37.2 Å². The number of pyridine rings is 1. The van der Waals surface area contributed by atoms with Crippen molar-refractivity contribution in [3.05, 3.63) is 81.0 Å². The fourth-order valence-electron chi connectivity index (χ4n) is 2.84. The largest absolute Gasteiger partial charge is 0.369 e. The van der Waals surface area contributed by atoms with Gasteiger partial charge in [-0.15, -0.1) is 0 Å². The smallest absolute Gasteiger partial charge is 0.199 e. The van der Waals surface area contributed by atoms with E-state index in [1.54, 1.807) is 12.1 Å². The number of ketones is 2. The molecule has 2 N–H and O–H groups in total. The number of rotatable bonds is 9. The van der Waals surface area contributed by atoms with Crippen molar-refractivity contribution < 1.29 is 22.4 Å². The monoisotopic (exact) mass is 497 g/mol. The van der Waals surface area contributed by atoms with Gasteiger partial charge in [-0.05, 0) is 29.8 Å². The van der Waals surface area contributed by atoms with Gasteiger partial charge in [-0.3, -0.25) is 9.59 Å². The van der Waals surface area contributed by atoms with Crippen LogP contribution in [0.15, 0.2) is 42.7 Å². The number of anilines is 1. The van der Waals surface area contributed by atoms with Crippen molar-refractivity contribution in [2.75, 3.05) is 23.9 Å². The van der Waals surface area contributed by atoms with E-state index in [4.69, 9.17) is 23.2 Å². The van der Waals surface area contributed by atoms with Crippen LogP contribution in [0.1, 0.15) is 32.0 Å². The van der Waals surface area contributed by atoms with Crippen LogP contribution >= 0.6 is 23.2 Å². The number of aromatic nitrogens is 2. The van der Waals surface area contributed by atoms with E-state index < -0.39 is 21.4 Å². The molecule has 2 aromatic heterocycles. The summed E-state index contributed by atoms with van der Waals surface area (Å²) in [5, 5.41) is 2.58. The molecule has 0 aliphatic carbocycles. The molecule has 168 valence electrons. The summed E-state index contributed by atoms with van der Waals surface area (Å²) in [5.41, 5.74) is 0.498. The number of nitrogens with zero attached hydrogens (tertiary/aromatic N) is 1. The molecule has 1 aromatic carbocycles. The van der Waals surface area contributed by atoms with Gasteiger partial charge in [-0.25, -0.2) is 17.8 Å². The van der Waals surface area contributed by atoms with Crippen molar-refractivity contribution in [1.82, 2.24) is 9.97 Å². The van der Waals surface area contributed by atoms with Crippen molar-refractivity contribution in [3.8, 4) is 0 Å². The number of carbonyl (C=O) groups is 2. The van der Waals surface area contributed by atoms with E-state index in [0.29, 0.717) is 11.4 Å². The summed E-state index contributed by atoms with van der Waals surface area (Å²) in [5.74, 6) is -1.46. The number of H-pyrrole nitrogens is 1. The van der Waals surface area contributed by atoms with Gasteiger partial charge >= 0.3 is 0 Å². The highest BCUT2D eigenvalue weighted by Crippen LogP contribution is 2.28. The molecule has 3 aromatic rings. The van der Waals surface area contributed by atoms with E-state index in [0.717, 1.165) is 6.26 Å². The molecule has 0 saturated heterocycles. The van der Waals surface area contributed by atoms with Gasteiger partial charge < -0.3 is 10.3 Å². The molecule has 0 bridgehead atoms. The zero-order chi connectivity index (χ0) is 23.5. The Bertz CT molecular complexity index is 1270. The quantitative estimate of drug-likeness (QED) is 0.342. The number of nitrogens with one attached hydrogen (secondary N) is 2. The summed E-state index contributed by atoms with van der Waals surface area (Å²) >= 11 is 11.7. The van der Waals surface area contributed by atoms with Crippen molar-refractivity contribution >= 4 is 50.4 Å². The predicted molar refractivity (Wildman–Crippen MR) is 121 cm³/mol. The summed E-state index contributed by atoms with van der Waals surface area (Å²) in [6, 6.07) is 7.23. The predicted octanol–water partition coefficient (Wildman–Crippen LogP) is 3.97. The zero-order valence-electron chi connectivity index (χ0n) is 16.8. The topological polar surface area (TPSA) is 109 Å². The molecular formula is C21H18Cl2FN3O4S. The van der Waals surface area contributed by atoms with Gasteiger partial charge in [0.2, 0.25) is 0 Å². The van der Waals surface area contributed by atoms with Gasteiger partial charge in [0.1, 0.15) is 15.7 Å². The molecule has 0 saturated carbocycles. The average Bonchev–Trinajstić information content (AvgIpc) is 3.22. The second-order valence-corrected chi connectivity index (χ2v) is 10.1. The number of sulfone groups is 1. The van der Waals surface area contributed by atoms with Crippen LogP contribution in [0, 0.1) is 5.82 Å². The Kier molecular flexibility index (Phi) is 7.33. The molecule has 0 fully saturated rings. The fourth-order valence-corrected chi connectivity index (χ4v) is 3.71. The highest BCUT2D eigenvalue weighted by Gasteiger charge is 2.22. The second kappa shape index (κ2) is 9.81. The van der Waals surface area contributed by atoms with E-state index in [9.17, 15) is 22.4 Å². The first-order valence-electron chi connectivity index (χ1n) is 9.31. The third-order valence-corrected chi connectivity index (χ3v) is 6.04. The minimum absolute atomic E-state index is 0.0110. The lowest BCUT2D eigenvalue weighted by Gasteiger charge is -2.06. The number of halogens is 3. The van der Waals surface area contributed by atoms with Crippen molar-refractivity contribution in [1.29, 1.82) is 0 Å². The van der Waals surface area contributed by atoms with E-state index in [-0.39, 0.29) is 51.4 Å². The van der Waals surface area contributed by atoms with Gasteiger partial charge in [0.05, 0.1) is 27.1 Å². The Morgan fingerprint density at radius 3 is 2.53 bits per heavy atom. The number of benzene rings is 1. The number of carbonyl (C=O) groups excluding carboxylic acids is 2. The Morgan fingerprint density at radius 1 is 1.16 bits per heavy atom. The first-order valence-corrected chi connectivity index (χ1v) is 12.1. The lowest BCUT2D eigenvalue weighted by atomic mass is 10.0. The first kappa shape index (κ1) is 23.9. The van der Waals surface area contributed by atoms with Crippen molar-refractivity contribution in [2.45, 2.75) is 6.42 Å². The molecule has 0 unspecified atom stereocenters. The number of Topliss-reactive ketones (excluding diaryl/α,β-unsaturated/α-hetero) is 1. The molecular weight excluding hydrogens is 480 g/mol. The van der Waals surface area contributed by atoms with Crippen LogP contribution in [-0.2, 0) is 16.3 Å². The van der Waals surface area contributed by atoms with E-state index in [1.807, 2.05) is 0 Å². The number of aromatic amines is 1. The van der Waals surface area contributed by atoms with E-state index in [2.05, 4.69) is 15.3 Å². The van der Waals surface area contributed by atoms with Crippen LogP contribution in [0.25, 0.3) is 0 Å². The highest BCUT2D eigenvalue weighted by molar-refractivity contribution is 7.90. The van der Waals surface area contributed by atoms with Crippen molar-refractivity contribution in [2.24, 2.45) is 0 Å². The average molecular weight is 498 g/mol. The normalized spacial score (nSPS) is 11.4. The highest BCUT2D eigenvalue weighted by atomic mass is 35.5. The number of hydrogen-bond acceptors (Lipinski definition) is 6. The Hall–Kier alpha value is -2.75. The fraction of sp³-hybridized carbons (Fsp3) is 0.190. The van der Waals surface area contributed by atoms with E-state index in [1.165, 1.54) is 30.6 Å². The molecule has 0 aliphatic rings. The maximum absolute atomic E-state index is 14.3. The Balaban J connectivity index is 1.66. The molecule has 3 rings (SSSR count). The molecule has 0 radical (unpaired) electrons. The molecule has 0 spiro atoms. The molecule has 0 aliphatic heterocycles. The molecule has 0 amide bonds. The van der Waals surface area contributed by atoms with Crippen LogP contribution in [0.3, 0.4) is 0 Å². The number of hydrogen-bond donors (Lipinski definition) is 2. The minimum Gasteiger partial charge on any atom is -0.369 e. The summed E-state index contributed by atoms with van der Waals surface area (Å²) in [6.07, 6.45) is 3.96. The summed E-state index contributed by atoms with van der Waals surface area (Å²) in [4.78, 5) is 32.1. The second-order valence-electron chi connectivity index (χ2n) is 7.06. The first-order chi connectivity index (χ1) is 15.0. The van der Waals surface area contributed by atoms with E-state index >= 15 is 0 Å². The minimum atomic E-state index is -3.08. The molecule has 0 atom stereocenters. The Morgan fingerprint density at radius 2 is 1.88 bits per heavy atom. The summed E-state index contributed by atoms with van der Waals surface area (Å²) < 4.78 is 36.6. The van der Waals surface area contributed by atoms with Crippen LogP contribution in [0.5, 0.6) is 0 Å². The van der Waals surface area contributed by atoms with Gasteiger partial charge in [0.25, 0.3) is 0 Å². The molecule has 7 nitrogen and oxygen atoms in total. The third kappa shape index (κ3) is 5.93. The third-order valence-electron chi connectivity index (χ3n) is 4.49. The maximum Gasteiger partial charge on any atom is 0.199 e. The Labute approximate surface area is 193 Å². The molecule has 11 heteroatoms. The van der Waals surface area contributed by atoms with Gasteiger partial charge in [0.15, 0.2) is 17.4 Å². The van der Waals surface area contributed by atoms with Gasteiger partial charge in [-0.2, -0.15) is 0 Å². The van der Waals surface area contributed by atoms with Crippen LogP contribution in [-0.4, -0.2) is 48.5 Å². The molecule has 32 heavy (non-hydrogen) atoms. The zero-order valence-corrected chi connectivity index (χ0v) is 19.1. The van der Waals surface area contributed by atoms with Gasteiger partial charge in [-0.1, -0.05) is 29.3 Å². The van der Waals surface area contributed by atoms with Crippen LogP contribution in [0.2, 0.25) is 10.0 Å². The SMILES string of the molecule is CS(=O)(=O)CCNc1ccc(CC(=O)c2cc(C(=O)c3c(Cl)ccc(Cl)c3F)c[nH]2)cn1. The maximum atomic E-state index is 14.3. The lowest BCUT2D eigenvalue weighted by Crippen LogP contribution is -2.14. The molecule has 2 heterocycles.